The molecule has 0 aliphatic heterocycles. The first kappa shape index (κ1) is 13.7. The van der Waals surface area contributed by atoms with E-state index in [0.29, 0.717) is 17.9 Å². The van der Waals surface area contributed by atoms with Crippen LogP contribution in [0.2, 0.25) is 0 Å². The lowest BCUT2D eigenvalue weighted by molar-refractivity contribution is 0.0891. The summed E-state index contributed by atoms with van der Waals surface area (Å²) in [5, 5.41) is 3.27. The average Bonchev–Trinajstić information content (AvgIpc) is 2.91. The SMILES string of the molecule is C[C@H]1[C@H](C)CCC[C@H]1NC(=O)c1ccc2c(c1)CCC2. The zero-order valence-corrected chi connectivity index (χ0v) is 12.6. The fourth-order valence-corrected chi connectivity index (χ4v) is 3.75. The summed E-state index contributed by atoms with van der Waals surface area (Å²) in [5.74, 6) is 1.42. The molecule has 3 atom stereocenters. The Bertz CT molecular complexity index is 508. The van der Waals surface area contributed by atoms with Crippen LogP contribution in [0.25, 0.3) is 0 Å². The first-order chi connectivity index (χ1) is 9.65. The van der Waals surface area contributed by atoms with Gasteiger partial charge in [0.2, 0.25) is 0 Å². The van der Waals surface area contributed by atoms with E-state index in [2.05, 4.69) is 31.3 Å². The minimum Gasteiger partial charge on any atom is -0.349 e. The molecule has 1 N–H and O–H groups in total. The highest BCUT2D eigenvalue weighted by molar-refractivity contribution is 5.94. The van der Waals surface area contributed by atoms with Crippen LogP contribution in [0.4, 0.5) is 0 Å². The Morgan fingerprint density at radius 2 is 1.90 bits per heavy atom. The van der Waals surface area contributed by atoms with Gasteiger partial charge in [-0.15, -0.1) is 0 Å². The van der Waals surface area contributed by atoms with Gasteiger partial charge in [-0.3, -0.25) is 4.79 Å². The van der Waals surface area contributed by atoms with Crippen molar-refractivity contribution >= 4 is 5.91 Å². The monoisotopic (exact) mass is 271 g/mol. The van der Waals surface area contributed by atoms with Crippen molar-refractivity contribution < 1.29 is 4.79 Å². The molecule has 0 spiro atoms. The third-order valence-corrected chi connectivity index (χ3v) is 5.38. The zero-order chi connectivity index (χ0) is 14.1. The molecule has 1 fully saturated rings. The molecule has 0 radical (unpaired) electrons. The highest BCUT2D eigenvalue weighted by Gasteiger charge is 2.28. The second-order valence-electron chi connectivity index (χ2n) is 6.68. The van der Waals surface area contributed by atoms with Crippen LogP contribution in [0.3, 0.4) is 0 Å². The number of rotatable bonds is 2. The highest BCUT2D eigenvalue weighted by atomic mass is 16.1. The van der Waals surface area contributed by atoms with Crippen LogP contribution in [0, 0.1) is 11.8 Å². The van der Waals surface area contributed by atoms with Crippen molar-refractivity contribution in [2.45, 2.75) is 58.4 Å². The lowest BCUT2D eigenvalue weighted by Crippen LogP contribution is -2.43. The quantitative estimate of drug-likeness (QED) is 0.872. The van der Waals surface area contributed by atoms with E-state index in [1.54, 1.807) is 0 Å². The number of hydrogen-bond acceptors (Lipinski definition) is 1. The standard InChI is InChI=1S/C18H25NO/c1-12-5-3-8-17(13(12)2)19-18(20)16-10-9-14-6-4-7-15(14)11-16/h9-13,17H,3-8H2,1-2H3,(H,19,20)/t12-,13+,17-/m1/s1. The molecule has 1 aromatic carbocycles. The molecule has 2 nitrogen and oxygen atoms in total. The van der Waals surface area contributed by atoms with Gasteiger partial charge in [-0.1, -0.05) is 32.8 Å². The summed E-state index contributed by atoms with van der Waals surface area (Å²) in [7, 11) is 0. The maximum Gasteiger partial charge on any atom is 0.251 e. The summed E-state index contributed by atoms with van der Waals surface area (Å²) in [5.41, 5.74) is 3.65. The minimum atomic E-state index is 0.116. The number of amides is 1. The molecule has 0 saturated heterocycles. The number of benzene rings is 1. The Kier molecular flexibility index (Phi) is 3.82. The van der Waals surface area contributed by atoms with Gasteiger partial charge >= 0.3 is 0 Å². The van der Waals surface area contributed by atoms with E-state index < -0.39 is 0 Å². The van der Waals surface area contributed by atoms with Crippen molar-refractivity contribution in [1.82, 2.24) is 5.32 Å². The van der Waals surface area contributed by atoms with Crippen molar-refractivity contribution in [3.8, 4) is 0 Å². The number of carbonyl (C=O) groups excluding carboxylic acids is 1. The van der Waals surface area contributed by atoms with Gasteiger partial charge in [-0.25, -0.2) is 0 Å². The first-order valence-corrected chi connectivity index (χ1v) is 8.08. The van der Waals surface area contributed by atoms with Crippen molar-refractivity contribution in [1.29, 1.82) is 0 Å². The normalized spacial score (nSPS) is 29.0. The van der Waals surface area contributed by atoms with Gasteiger partial charge in [-0.2, -0.15) is 0 Å². The van der Waals surface area contributed by atoms with E-state index in [1.807, 2.05) is 6.07 Å². The Balaban J connectivity index is 1.70. The van der Waals surface area contributed by atoms with Gasteiger partial charge < -0.3 is 5.32 Å². The van der Waals surface area contributed by atoms with Crippen LogP contribution in [0.15, 0.2) is 18.2 Å². The van der Waals surface area contributed by atoms with Crippen LogP contribution in [0.1, 0.15) is 61.0 Å². The van der Waals surface area contributed by atoms with Crippen molar-refractivity contribution in [3.05, 3.63) is 34.9 Å². The molecule has 0 bridgehead atoms. The van der Waals surface area contributed by atoms with Crippen LogP contribution in [-0.2, 0) is 12.8 Å². The Morgan fingerprint density at radius 3 is 2.75 bits per heavy atom. The Labute approximate surface area is 122 Å². The van der Waals surface area contributed by atoms with Crippen LogP contribution in [-0.4, -0.2) is 11.9 Å². The molecule has 2 heteroatoms. The summed E-state index contributed by atoms with van der Waals surface area (Å²) in [6.45, 7) is 4.58. The molecule has 0 aromatic heterocycles. The van der Waals surface area contributed by atoms with Crippen molar-refractivity contribution in [2.75, 3.05) is 0 Å². The molecule has 0 unspecified atom stereocenters. The summed E-state index contributed by atoms with van der Waals surface area (Å²) in [6.07, 6.45) is 7.20. The van der Waals surface area contributed by atoms with Crippen LogP contribution < -0.4 is 5.32 Å². The molecule has 1 saturated carbocycles. The molecular formula is C18H25NO. The van der Waals surface area contributed by atoms with Crippen molar-refractivity contribution in [2.24, 2.45) is 11.8 Å². The number of hydrogen-bond donors (Lipinski definition) is 1. The van der Waals surface area contributed by atoms with Gasteiger partial charge in [-0.05, 0) is 60.8 Å². The molecule has 20 heavy (non-hydrogen) atoms. The topological polar surface area (TPSA) is 29.1 Å². The molecule has 2 aliphatic rings. The smallest absolute Gasteiger partial charge is 0.251 e. The maximum atomic E-state index is 12.5. The molecule has 2 aliphatic carbocycles. The second kappa shape index (κ2) is 5.59. The molecule has 1 aromatic rings. The summed E-state index contributed by atoms with van der Waals surface area (Å²) in [6, 6.07) is 6.59. The molecule has 108 valence electrons. The second-order valence-corrected chi connectivity index (χ2v) is 6.68. The Hall–Kier alpha value is -1.31. The largest absolute Gasteiger partial charge is 0.349 e. The van der Waals surface area contributed by atoms with E-state index in [0.717, 1.165) is 18.4 Å². The summed E-state index contributed by atoms with van der Waals surface area (Å²) in [4.78, 5) is 12.5. The zero-order valence-electron chi connectivity index (χ0n) is 12.6. The summed E-state index contributed by atoms with van der Waals surface area (Å²) >= 11 is 0. The average molecular weight is 271 g/mol. The number of nitrogens with one attached hydrogen (secondary N) is 1. The Morgan fingerprint density at radius 1 is 1.10 bits per heavy atom. The van der Waals surface area contributed by atoms with E-state index in [4.69, 9.17) is 0 Å². The van der Waals surface area contributed by atoms with Gasteiger partial charge in [0.1, 0.15) is 0 Å². The fourth-order valence-electron chi connectivity index (χ4n) is 3.75. The van der Waals surface area contributed by atoms with Gasteiger partial charge in [0.15, 0.2) is 0 Å². The predicted octanol–water partition coefficient (Wildman–Crippen LogP) is 3.73. The predicted molar refractivity (Wildman–Crippen MR) is 81.9 cm³/mol. The molecule has 1 amide bonds. The molecule has 0 heterocycles. The first-order valence-electron chi connectivity index (χ1n) is 8.08. The van der Waals surface area contributed by atoms with Crippen molar-refractivity contribution in [3.63, 3.8) is 0 Å². The third kappa shape index (κ3) is 2.61. The van der Waals surface area contributed by atoms with Crippen LogP contribution in [0.5, 0.6) is 0 Å². The molecular weight excluding hydrogens is 246 g/mol. The fraction of sp³-hybridized carbons (Fsp3) is 0.611. The van der Waals surface area contributed by atoms with E-state index in [9.17, 15) is 4.79 Å². The lowest BCUT2D eigenvalue weighted by atomic mass is 9.78. The third-order valence-electron chi connectivity index (χ3n) is 5.38. The number of aryl methyl sites for hydroxylation is 2. The van der Waals surface area contributed by atoms with E-state index in [1.165, 1.54) is 36.8 Å². The highest BCUT2D eigenvalue weighted by Crippen LogP contribution is 2.30. The van der Waals surface area contributed by atoms with Gasteiger partial charge in [0.05, 0.1) is 0 Å². The lowest BCUT2D eigenvalue weighted by Gasteiger charge is -2.34. The number of fused-ring (bicyclic) bond motifs is 1. The van der Waals surface area contributed by atoms with E-state index >= 15 is 0 Å². The molecule has 3 rings (SSSR count). The van der Waals surface area contributed by atoms with E-state index in [-0.39, 0.29) is 5.91 Å². The van der Waals surface area contributed by atoms with Gasteiger partial charge in [0, 0.05) is 11.6 Å². The maximum absolute atomic E-state index is 12.5. The number of carbonyl (C=O) groups is 1. The van der Waals surface area contributed by atoms with Gasteiger partial charge in [0.25, 0.3) is 5.91 Å². The summed E-state index contributed by atoms with van der Waals surface area (Å²) < 4.78 is 0. The minimum absolute atomic E-state index is 0.116. The van der Waals surface area contributed by atoms with Crippen LogP contribution >= 0.6 is 0 Å².